The molecule has 1 saturated carbocycles. The van der Waals surface area contributed by atoms with E-state index in [2.05, 4.69) is 23.6 Å². The van der Waals surface area contributed by atoms with Gasteiger partial charge in [0.15, 0.2) is 0 Å². The minimum atomic E-state index is -3.77. The number of nitrogens with one attached hydrogen (secondary N) is 1. The molecule has 8 nitrogen and oxygen atoms in total. The van der Waals surface area contributed by atoms with Crippen molar-refractivity contribution in [2.24, 2.45) is 11.8 Å². The van der Waals surface area contributed by atoms with Gasteiger partial charge in [-0.3, -0.25) is 9.52 Å². The molecule has 1 heterocycles. The molecule has 2 aromatic rings. The van der Waals surface area contributed by atoms with Gasteiger partial charge in [-0.05, 0) is 63.1 Å². The molecule has 9 heteroatoms. The Balaban J connectivity index is 1.63. The summed E-state index contributed by atoms with van der Waals surface area (Å²) < 4.78 is 34.8. The van der Waals surface area contributed by atoms with Crippen LogP contribution in [0.3, 0.4) is 0 Å². The van der Waals surface area contributed by atoms with Gasteiger partial charge in [0.05, 0.1) is 24.0 Å². The van der Waals surface area contributed by atoms with Crippen LogP contribution in [0.4, 0.5) is 5.69 Å². The summed E-state index contributed by atoms with van der Waals surface area (Å²) in [5, 5.41) is 9.81. The normalized spacial score (nSPS) is 21.7. The first-order valence-corrected chi connectivity index (χ1v) is 14.1. The Kier molecular flexibility index (Phi) is 8.22. The van der Waals surface area contributed by atoms with Crippen LogP contribution >= 0.6 is 0 Å². The number of fused-ring (bicyclic) bond motifs is 1. The zero-order valence-corrected chi connectivity index (χ0v) is 22.1. The van der Waals surface area contributed by atoms with Crippen molar-refractivity contribution < 1.29 is 23.1 Å². The number of aliphatic hydroxyl groups is 1. The molecule has 1 aliphatic heterocycles. The van der Waals surface area contributed by atoms with E-state index in [0.29, 0.717) is 23.5 Å². The van der Waals surface area contributed by atoms with Crippen LogP contribution in [0.25, 0.3) is 0 Å². The second-order valence-corrected chi connectivity index (χ2v) is 12.0. The van der Waals surface area contributed by atoms with Crippen LogP contribution in [-0.2, 0) is 21.2 Å². The van der Waals surface area contributed by atoms with E-state index >= 15 is 0 Å². The molecule has 0 radical (unpaired) electrons. The monoisotopic (exact) mass is 515 g/mol. The first-order valence-electron chi connectivity index (χ1n) is 12.6. The highest BCUT2D eigenvalue weighted by Gasteiger charge is 2.32. The standard InChI is InChI=1S/C27H37N3O5S/c1-19-15-30(20(2)18-31)27(32)14-22-13-23(28-36(33,34)24-7-5-4-6-8-24)11-12-25(22)35-26(19)17-29(3)16-21-9-10-21/h4-8,11-13,19-21,26,28,31H,9-10,14-18H2,1-3H3/t19-,20-,26-/m0/s1. The van der Waals surface area contributed by atoms with Gasteiger partial charge in [-0.25, -0.2) is 8.42 Å². The van der Waals surface area contributed by atoms with Crippen LogP contribution in [0.2, 0.25) is 0 Å². The second-order valence-electron chi connectivity index (χ2n) is 10.3. The maximum atomic E-state index is 13.3. The first-order chi connectivity index (χ1) is 17.2. The molecule has 0 aromatic heterocycles. The van der Waals surface area contributed by atoms with Gasteiger partial charge in [0.1, 0.15) is 11.9 Å². The Morgan fingerprint density at radius 1 is 1.17 bits per heavy atom. The fourth-order valence-electron chi connectivity index (χ4n) is 4.65. The Bertz CT molecular complexity index is 1150. The topological polar surface area (TPSA) is 99.2 Å². The van der Waals surface area contributed by atoms with E-state index in [-0.39, 0.29) is 41.9 Å². The predicted octanol–water partition coefficient (Wildman–Crippen LogP) is 2.98. The van der Waals surface area contributed by atoms with Crippen molar-refractivity contribution in [3.8, 4) is 5.75 Å². The van der Waals surface area contributed by atoms with Crippen molar-refractivity contribution in [2.45, 2.75) is 50.2 Å². The molecule has 36 heavy (non-hydrogen) atoms. The number of likely N-dealkylation sites (N-methyl/N-ethyl adjacent to an activating group) is 1. The average Bonchev–Trinajstić information content (AvgIpc) is 3.66. The van der Waals surface area contributed by atoms with Crippen molar-refractivity contribution in [1.29, 1.82) is 0 Å². The number of amides is 1. The molecule has 1 amide bonds. The third kappa shape index (κ3) is 6.57. The Hall–Kier alpha value is -2.62. The highest BCUT2D eigenvalue weighted by atomic mass is 32.2. The van der Waals surface area contributed by atoms with Gasteiger partial charge in [0, 0.05) is 36.8 Å². The maximum Gasteiger partial charge on any atom is 0.261 e. The number of ether oxygens (including phenoxy) is 1. The van der Waals surface area contributed by atoms with Crippen molar-refractivity contribution >= 4 is 21.6 Å². The minimum absolute atomic E-state index is 0.0341. The third-order valence-corrected chi connectivity index (χ3v) is 8.38. The number of benzene rings is 2. The van der Waals surface area contributed by atoms with E-state index in [4.69, 9.17) is 4.74 Å². The molecule has 2 aliphatic rings. The van der Waals surface area contributed by atoms with Crippen molar-refractivity contribution in [2.75, 3.05) is 38.0 Å². The van der Waals surface area contributed by atoms with Crippen LogP contribution < -0.4 is 9.46 Å². The van der Waals surface area contributed by atoms with E-state index in [1.165, 1.54) is 25.0 Å². The molecule has 2 aromatic carbocycles. The Morgan fingerprint density at radius 2 is 1.89 bits per heavy atom. The third-order valence-electron chi connectivity index (χ3n) is 6.98. The number of hydrogen-bond acceptors (Lipinski definition) is 6. The molecule has 196 valence electrons. The molecule has 2 N–H and O–H groups in total. The number of carbonyl (C=O) groups is 1. The number of nitrogens with zero attached hydrogens (tertiary/aromatic N) is 2. The lowest BCUT2D eigenvalue weighted by Crippen LogP contribution is -2.47. The number of hydrogen-bond donors (Lipinski definition) is 2. The molecule has 1 aliphatic carbocycles. The molecule has 0 spiro atoms. The summed E-state index contributed by atoms with van der Waals surface area (Å²) in [6.07, 6.45) is 2.43. The predicted molar refractivity (Wildman–Crippen MR) is 139 cm³/mol. The summed E-state index contributed by atoms with van der Waals surface area (Å²) in [6.45, 7) is 6.00. The van der Waals surface area contributed by atoms with E-state index in [0.717, 1.165) is 19.0 Å². The quantitative estimate of drug-likeness (QED) is 0.533. The summed E-state index contributed by atoms with van der Waals surface area (Å²) >= 11 is 0. The molecule has 3 atom stereocenters. The van der Waals surface area contributed by atoms with Gasteiger partial charge < -0.3 is 19.6 Å². The lowest BCUT2D eigenvalue weighted by atomic mass is 10.0. The van der Waals surface area contributed by atoms with Crippen LogP contribution in [0, 0.1) is 11.8 Å². The highest BCUT2D eigenvalue weighted by Crippen LogP contribution is 2.32. The fourth-order valence-corrected chi connectivity index (χ4v) is 5.72. The second kappa shape index (κ2) is 11.2. The van der Waals surface area contributed by atoms with Crippen LogP contribution in [0.15, 0.2) is 53.4 Å². The van der Waals surface area contributed by atoms with Crippen molar-refractivity contribution in [3.05, 3.63) is 54.1 Å². The summed E-state index contributed by atoms with van der Waals surface area (Å²) in [6, 6.07) is 12.9. The smallest absolute Gasteiger partial charge is 0.261 e. The largest absolute Gasteiger partial charge is 0.488 e. The van der Waals surface area contributed by atoms with E-state index in [1.807, 2.05) is 6.92 Å². The highest BCUT2D eigenvalue weighted by molar-refractivity contribution is 7.92. The summed E-state index contributed by atoms with van der Waals surface area (Å²) in [4.78, 5) is 17.5. The Morgan fingerprint density at radius 3 is 2.56 bits per heavy atom. The van der Waals surface area contributed by atoms with Gasteiger partial charge in [-0.15, -0.1) is 0 Å². The van der Waals surface area contributed by atoms with E-state index in [1.54, 1.807) is 41.3 Å². The lowest BCUT2D eigenvalue weighted by molar-refractivity contribution is -0.134. The van der Waals surface area contributed by atoms with Gasteiger partial charge in [-0.2, -0.15) is 0 Å². The molecular formula is C27H37N3O5S. The molecule has 0 saturated heterocycles. The van der Waals surface area contributed by atoms with Crippen LogP contribution in [-0.4, -0.2) is 74.7 Å². The maximum absolute atomic E-state index is 13.3. The Labute approximate surface area is 214 Å². The number of sulfonamides is 1. The molecule has 4 rings (SSSR count). The first kappa shape index (κ1) is 26.4. The number of rotatable bonds is 9. The van der Waals surface area contributed by atoms with Crippen molar-refractivity contribution in [1.82, 2.24) is 9.80 Å². The molecule has 0 unspecified atom stereocenters. The van der Waals surface area contributed by atoms with Gasteiger partial charge in [0.2, 0.25) is 5.91 Å². The van der Waals surface area contributed by atoms with Crippen molar-refractivity contribution in [3.63, 3.8) is 0 Å². The molecular weight excluding hydrogens is 478 g/mol. The van der Waals surface area contributed by atoms with Gasteiger partial charge in [-0.1, -0.05) is 25.1 Å². The average molecular weight is 516 g/mol. The van der Waals surface area contributed by atoms with E-state index in [9.17, 15) is 18.3 Å². The van der Waals surface area contributed by atoms with Gasteiger partial charge in [0.25, 0.3) is 10.0 Å². The number of aliphatic hydroxyl groups excluding tert-OH is 1. The zero-order valence-electron chi connectivity index (χ0n) is 21.3. The van der Waals surface area contributed by atoms with Crippen LogP contribution in [0.1, 0.15) is 32.3 Å². The SMILES string of the molecule is C[C@H]1CN([C@@H](C)CO)C(=O)Cc2cc(NS(=O)(=O)c3ccccc3)ccc2O[C@H]1CN(C)CC1CC1. The summed E-state index contributed by atoms with van der Waals surface area (Å²) in [7, 11) is -1.67. The molecule has 1 fully saturated rings. The summed E-state index contributed by atoms with van der Waals surface area (Å²) in [5.74, 6) is 1.25. The minimum Gasteiger partial charge on any atom is -0.488 e. The van der Waals surface area contributed by atoms with Gasteiger partial charge >= 0.3 is 0 Å². The van der Waals surface area contributed by atoms with E-state index < -0.39 is 10.0 Å². The fraction of sp³-hybridized carbons (Fsp3) is 0.519. The van der Waals surface area contributed by atoms with Crippen LogP contribution in [0.5, 0.6) is 5.75 Å². The number of carbonyl (C=O) groups excluding carboxylic acids is 1. The zero-order chi connectivity index (χ0) is 25.9. The molecule has 0 bridgehead atoms. The lowest BCUT2D eigenvalue weighted by Gasteiger charge is -2.34. The summed E-state index contributed by atoms with van der Waals surface area (Å²) in [5.41, 5.74) is 0.984. The number of anilines is 1.